The summed E-state index contributed by atoms with van der Waals surface area (Å²) in [5.41, 5.74) is 1.76. The van der Waals surface area contributed by atoms with Gasteiger partial charge in [-0.05, 0) is 69.0 Å². The molecule has 4 unspecified atom stereocenters. The molecule has 0 radical (unpaired) electrons. The van der Waals surface area contributed by atoms with Gasteiger partial charge in [0.2, 0.25) is 5.91 Å². The number of rotatable bonds is 3. The molecule has 4 fully saturated rings. The van der Waals surface area contributed by atoms with E-state index in [-0.39, 0.29) is 5.41 Å². The van der Waals surface area contributed by atoms with Crippen molar-refractivity contribution in [1.82, 2.24) is 10.6 Å². The lowest BCUT2D eigenvalue weighted by molar-refractivity contribution is -0.154. The van der Waals surface area contributed by atoms with Crippen molar-refractivity contribution in [1.29, 1.82) is 0 Å². The van der Waals surface area contributed by atoms with Crippen LogP contribution >= 0.6 is 0 Å². The molecule has 1 aromatic carbocycles. The van der Waals surface area contributed by atoms with E-state index in [0.29, 0.717) is 23.3 Å². The van der Waals surface area contributed by atoms with Gasteiger partial charge in [0.05, 0.1) is 5.41 Å². The van der Waals surface area contributed by atoms with Crippen molar-refractivity contribution in [3.63, 3.8) is 0 Å². The van der Waals surface area contributed by atoms with Crippen LogP contribution < -0.4 is 10.6 Å². The van der Waals surface area contributed by atoms with E-state index >= 15 is 0 Å². The summed E-state index contributed by atoms with van der Waals surface area (Å²) in [4.78, 5) is 13.1. The zero-order valence-corrected chi connectivity index (χ0v) is 13.7. The lowest BCUT2D eigenvalue weighted by Crippen LogP contribution is -2.64. The molecule has 3 heteroatoms. The first kappa shape index (κ1) is 14.0. The first-order valence-corrected chi connectivity index (χ1v) is 9.30. The predicted octanol–water partition coefficient (Wildman–Crippen LogP) is 2.61. The highest BCUT2D eigenvalue weighted by Gasteiger charge is 2.75. The van der Waals surface area contributed by atoms with E-state index in [1.54, 1.807) is 0 Å². The minimum Gasteiger partial charge on any atom is -0.353 e. The van der Waals surface area contributed by atoms with Crippen molar-refractivity contribution in [2.45, 2.75) is 50.0 Å². The molecule has 4 atom stereocenters. The average Bonchev–Trinajstić information content (AvgIpc) is 3.06. The zero-order valence-electron chi connectivity index (χ0n) is 13.7. The Morgan fingerprint density at radius 2 is 1.91 bits per heavy atom. The summed E-state index contributed by atoms with van der Waals surface area (Å²) in [6.45, 7) is 2.08. The van der Waals surface area contributed by atoms with Crippen LogP contribution in [0.1, 0.15) is 44.1 Å². The maximum atomic E-state index is 13.1. The largest absolute Gasteiger partial charge is 0.353 e. The zero-order chi connectivity index (χ0) is 15.5. The molecule has 1 amide bonds. The monoisotopic (exact) mass is 310 g/mol. The molecule has 0 aromatic heterocycles. The SMILES string of the molecule is O=C(NC1CCNCC1)C12CC3CC1C(c1ccccc1)(C3)C2. The van der Waals surface area contributed by atoms with Gasteiger partial charge in [0.1, 0.15) is 0 Å². The van der Waals surface area contributed by atoms with E-state index in [4.69, 9.17) is 0 Å². The third kappa shape index (κ3) is 1.83. The number of piperidine rings is 1. The van der Waals surface area contributed by atoms with E-state index in [1.165, 1.54) is 18.4 Å². The normalized spacial score (nSPS) is 41.6. The minimum absolute atomic E-state index is 0.0381. The van der Waals surface area contributed by atoms with Crippen molar-refractivity contribution < 1.29 is 4.79 Å². The second-order valence-electron chi connectivity index (χ2n) is 8.42. The van der Waals surface area contributed by atoms with Crippen LogP contribution in [0, 0.1) is 17.3 Å². The minimum atomic E-state index is -0.0381. The number of benzene rings is 1. The molecule has 3 nitrogen and oxygen atoms in total. The highest BCUT2D eigenvalue weighted by Crippen LogP contribution is 2.77. The molecule has 1 aliphatic heterocycles. The number of nitrogens with one attached hydrogen (secondary N) is 2. The van der Waals surface area contributed by atoms with Gasteiger partial charge in [0, 0.05) is 11.5 Å². The van der Waals surface area contributed by atoms with Crippen LogP contribution in [0.4, 0.5) is 0 Å². The molecule has 1 aromatic rings. The van der Waals surface area contributed by atoms with Gasteiger partial charge in [-0.15, -0.1) is 0 Å². The van der Waals surface area contributed by atoms with Crippen LogP contribution in [0.3, 0.4) is 0 Å². The first-order valence-electron chi connectivity index (χ1n) is 9.30. The van der Waals surface area contributed by atoms with E-state index in [1.807, 2.05) is 0 Å². The third-order valence-corrected chi connectivity index (χ3v) is 7.32. The van der Waals surface area contributed by atoms with Crippen molar-refractivity contribution in [3.05, 3.63) is 35.9 Å². The molecule has 122 valence electrons. The average molecular weight is 310 g/mol. The number of amides is 1. The molecule has 5 rings (SSSR count). The lowest BCUT2D eigenvalue weighted by atomic mass is 9.42. The number of hydrogen-bond donors (Lipinski definition) is 2. The van der Waals surface area contributed by atoms with Crippen molar-refractivity contribution in [3.8, 4) is 0 Å². The molecular weight excluding hydrogens is 284 g/mol. The molecule has 3 saturated carbocycles. The van der Waals surface area contributed by atoms with Crippen molar-refractivity contribution >= 4 is 5.91 Å². The lowest BCUT2D eigenvalue weighted by Gasteiger charge is -2.61. The van der Waals surface area contributed by atoms with E-state index in [0.717, 1.165) is 44.7 Å². The molecule has 1 heterocycles. The molecule has 4 aliphatic rings. The predicted molar refractivity (Wildman–Crippen MR) is 90.0 cm³/mol. The highest BCUT2D eigenvalue weighted by molar-refractivity contribution is 5.86. The Bertz CT molecular complexity index is 624. The second-order valence-corrected chi connectivity index (χ2v) is 8.42. The fourth-order valence-corrected chi connectivity index (χ4v) is 6.51. The molecule has 23 heavy (non-hydrogen) atoms. The fraction of sp³-hybridized carbons (Fsp3) is 0.650. The summed E-state index contributed by atoms with van der Waals surface area (Å²) in [7, 11) is 0. The number of carbonyl (C=O) groups excluding carboxylic acids is 1. The Morgan fingerprint density at radius 1 is 1.13 bits per heavy atom. The third-order valence-electron chi connectivity index (χ3n) is 7.32. The van der Waals surface area contributed by atoms with Crippen LogP contribution in [0.25, 0.3) is 0 Å². The summed E-state index contributed by atoms with van der Waals surface area (Å²) in [5.74, 6) is 1.74. The number of carbonyl (C=O) groups is 1. The van der Waals surface area contributed by atoms with Gasteiger partial charge in [-0.3, -0.25) is 4.79 Å². The summed E-state index contributed by atoms with van der Waals surface area (Å²) in [6, 6.07) is 11.4. The summed E-state index contributed by atoms with van der Waals surface area (Å²) in [6.07, 6.45) is 6.98. The summed E-state index contributed by atoms with van der Waals surface area (Å²) >= 11 is 0. The van der Waals surface area contributed by atoms with Crippen LogP contribution in [-0.4, -0.2) is 25.0 Å². The Hall–Kier alpha value is -1.35. The van der Waals surface area contributed by atoms with Crippen LogP contribution in [0.2, 0.25) is 0 Å². The fourth-order valence-electron chi connectivity index (χ4n) is 6.51. The Kier molecular flexibility index (Phi) is 2.94. The van der Waals surface area contributed by atoms with E-state index < -0.39 is 0 Å². The number of hydrogen-bond acceptors (Lipinski definition) is 2. The summed E-state index contributed by atoms with van der Waals surface area (Å²) < 4.78 is 0. The highest BCUT2D eigenvalue weighted by atomic mass is 16.2. The van der Waals surface area contributed by atoms with E-state index in [9.17, 15) is 4.79 Å². The van der Waals surface area contributed by atoms with Crippen molar-refractivity contribution in [2.75, 3.05) is 13.1 Å². The number of fused-ring (bicyclic) bond motifs is 1. The van der Waals surface area contributed by atoms with Gasteiger partial charge in [-0.2, -0.15) is 0 Å². The van der Waals surface area contributed by atoms with Crippen LogP contribution in [0.15, 0.2) is 30.3 Å². The first-order chi connectivity index (χ1) is 11.2. The van der Waals surface area contributed by atoms with Crippen LogP contribution in [-0.2, 0) is 10.2 Å². The smallest absolute Gasteiger partial charge is 0.226 e. The molecule has 1 saturated heterocycles. The standard InChI is InChI=1S/C20H26N2O/c23-18(22-16-6-8-21-9-7-16)20-12-14-10-17(20)19(11-14,13-20)15-4-2-1-3-5-15/h1-5,14,16-17,21H,6-13H2,(H,22,23). The van der Waals surface area contributed by atoms with E-state index in [2.05, 4.69) is 41.0 Å². The quantitative estimate of drug-likeness (QED) is 0.901. The van der Waals surface area contributed by atoms with Crippen molar-refractivity contribution in [2.24, 2.45) is 17.3 Å². The topological polar surface area (TPSA) is 41.1 Å². The summed E-state index contributed by atoms with van der Waals surface area (Å²) in [5, 5.41) is 6.79. The van der Waals surface area contributed by atoms with Gasteiger partial charge in [-0.25, -0.2) is 0 Å². The van der Waals surface area contributed by atoms with Gasteiger partial charge in [0.25, 0.3) is 0 Å². The molecular formula is C20H26N2O. The van der Waals surface area contributed by atoms with Gasteiger partial charge >= 0.3 is 0 Å². The van der Waals surface area contributed by atoms with Crippen LogP contribution in [0.5, 0.6) is 0 Å². The van der Waals surface area contributed by atoms with Gasteiger partial charge < -0.3 is 10.6 Å². The molecule has 2 bridgehead atoms. The molecule has 2 N–H and O–H groups in total. The van der Waals surface area contributed by atoms with Gasteiger partial charge in [-0.1, -0.05) is 30.3 Å². The Labute approximate surface area is 138 Å². The maximum Gasteiger partial charge on any atom is 0.226 e. The van der Waals surface area contributed by atoms with Gasteiger partial charge in [0.15, 0.2) is 0 Å². The molecule has 0 spiro atoms. The Morgan fingerprint density at radius 3 is 2.65 bits per heavy atom. The molecule has 3 aliphatic carbocycles. The maximum absolute atomic E-state index is 13.1. The Balaban J connectivity index is 1.38. The second kappa shape index (κ2) is 4.83.